The molecule has 0 saturated carbocycles. The Labute approximate surface area is 132 Å². The number of halogens is 3. The Kier molecular flexibility index (Phi) is 5.46. The Morgan fingerprint density at radius 1 is 1.52 bits per heavy atom. The molecule has 1 aliphatic rings. The summed E-state index contributed by atoms with van der Waals surface area (Å²) >= 11 is 0. The van der Waals surface area contributed by atoms with E-state index in [9.17, 15) is 23.1 Å². The lowest BCUT2D eigenvalue weighted by molar-refractivity contribution is -0.154. The van der Waals surface area contributed by atoms with Crippen LogP contribution < -0.4 is 4.74 Å². The van der Waals surface area contributed by atoms with Gasteiger partial charge in [0, 0.05) is 25.1 Å². The van der Waals surface area contributed by atoms with Crippen LogP contribution in [-0.4, -0.2) is 52.9 Å². The first-order chi connectivity index (χ1) is 10.8. The van der Waals surface area contributed by atoms with Crippen molar-refractivity contribution in [2.24, 2.45) is 5.92 Å². The average molecular weight is 332 g/mol. The molecule has 1 saturated heterocycles. The lowest BCUT2D eigenvalue weighted by Gasteiger charge is -2.34. The highest BCUT2D eigenvalue weighted by atomic mass is 19.4. The molecule has 2 heterocycles. The maximum absolute atomic E-state index is 12.4. The average Bonchev–Trinajstić information content (AvgIpc) is 2.52. The zero-order valence-electron chi connectivity index (χ0n) is 12.7. The number of amides is 1. The van der Waals surface area contributed by atoms with Gasteiger partial charge >= 0.3 is 6.18 Å². The van der Waals surface area contributed by atoms with Gasteiger partial charge in [-0.3, -0.25) is 4.79 Å². The van der Waals surface area contributed by atoms with Gasteiger partial charge in [-0.15, -0.1) is 0 Å². The predicted molar refractivity (Wildman–Crippen MR) is 76.1 cm³/mol. The summed E-state index contributed by atoms with van der Waals surface area (Å²) in [5.41, 5.74) is 0.0379. The van der Waals surface area contributed by atoms with E-state index in [1.807, 2.05) is 0 Å². The van der Waals surface area contributed by atoms with E-state index in [0.29, 0.717) is 13.1 Å². The van der Waals surface area contributed by atoms with Gasteiger partial charge < -0.3 is 14.7 Å². The maximum atomic E-state index is 12.4. The SMILES string of the molecule is CC(O)C1CCCN(C(=O)c2cccc(OCC(F)(F)F)n2)C1. The number of hydrogen-bond donors (Lipinski definition) is 1. The van der Waals surface area contributed by atoms with Crippen LogP contribution in [0, 0.1) is 5.92 Å². The van der Waals surface area contributed by atoms with E-state index < -0.39 is 18.9 Å². The molecule has 2 unspecified atom stereocenters. The van der Waals surface area contributed by atoms with Crippen molar-refractivity contribution in [3.8, 4) is 5.88 Å². The van der Waals surface area contributed by atoms with Crippen molar-refractivity contribution in [1.29, 1.82) is 0 Å². The topological polar surface area (TPSA) is 62.7 Å². The van der Waals surface area contributed by atoms with E-state index in [2.05, 4.69) is 9.72 Å². The summed E-state index contributed by atoms with van der Waals surface area (Å²) in [4.78, 5) is 17.8. The third-order valence-corrected chi connectivity index (χ3v) is 3.75. The Morgan fingerprint density at radius 2 is 2.26 bits per heavy atom. The first-order valence-electron chi connectivity index (χ1n) is 7.40. The van der Waals surface area contributed by atoms with Gasteiger partial charge in [-0.25, -0.2) is 4.98 Å². The first kappa shape index (κ1) is 17.5. The predicted octanol–water partition coefficient (Wildman–Crippen LogP) is 2.26. The van der Waals surface area contributed by atoms with Crippen LogP contribution >= 0.6 is 0 Å². The highest BCUT2D eigenvalue weighted by Gasteiger charge is 2.30. The molecule has 1 N–H and O–H groups in total. The number of carbonyl (C=O) groups excluding carboxylic acids is 1. The molecule has 23 heavy (non-hydrogen) atoms. The highest BCUT2D eigenvalue weighted by molar-refractivity contribution is 5.92. The molecule has 0 radical (unpaired) electrons. The lowest BCUT2D eigenvalue weighted by atomic mass is 9.93. The second-order valence-corrected chi connectivity index (χ2v) is 5.66. The highest BCUT2D eigenvalue weighted by Crippen LogP contribution is 2.22. The molecule has 0 spiro atoms. The van der Waals surface area contributed by atoms with Crippen molar-refractivity contribution in [2.45, 2.75) is 32.0 Å². The van der Waals surface area contributed by atoms with Crippen LogP contribution in [0.25, 0.3) is 0 Å². The first-order valence-corrected chi connectivity index (χ1v) is 7.40. The second kappa shape index (κ2) is 7.16. The van der Waals surface area contributed by atoms with E-state index >= 15 is 0 Å². The third-order valence-electron chi connectivity index (χ3n) is 3.75. The van der Waals surface area contributed by atoms with Gasteiger partial charge in [-0.05, 0) is 25.8 Å². The summed E-state index contributed by atoms with van der Waals surface area (Å²) in [5.74, 6) is -0.609. The van der Waals surface area contributed by atoms with E-state index in [1.54, 1.807) is 11.8 Å². The van der Waals surface area contributed by atoms with Crippen LogP contribution in [0.15, 0.2) is 18.2 Å². The van der Waals surface area contributed by atoms with E-state index in [4.69, 9.17) is 0 Å². The Hall–Kier alpha value is -1.83. The van der Waals surface area contributed by atoms with Crippen LogP contribution in [0.2, 0.25) is 0 Å². The molecule has 128 valence electrons. The fourth-order valence-corrected chi connectivity index (χ4v) is 2.52. The summed E-state index contributed by atoms with van der Waals surface area (Å²) in [7, 11) is 0. The van der Waals surface area contributed by atoms with Crippen LogP contribution in [-0.2, 0) is 0 Å². The van der Waals surface area contributed by atoms with Gasteiger partial charge in [0.1, 0.15) is 5.69 Å². The summed E-state index contributed by atoms with van der Waals surface area (Å²) in [6.07, 6.45) is -3.37. The van der Waals surface area contributed by atoms with Gasteiger partial charge in [0.25, 0.3) is 5.91 Å². The number of rotatable bonds is 4. The summed E-state index contributed by atoms with van der Waals surface area (Å²) < 4.78 is 41.0. The van der Waals surface area contributed by atoms with Crippen LogP contribution in [0.5, 0.6) is 5.88 Å². The van der Waals surface area contributed by atoms with Crippen LogP contribution in [0.4, 0.5) is 13.2 Å². The number of aliphatic hydroxyl groups excluding tert-OH is 1. The quantitative estimate of drug-likeness (QED) is 0.919. The molecule has 0 aliphatic carbocycles. The van der Waals surface area contributed by atoms with Crippen molar-refractivity contribution < 1.29 is 27.8 Å². The number of pyridine rings is 1. The number of nitrogens with zero attached hydrogens (tertiary/aromatic N) is 2. The molecule has 1 aromatic heterocycles. The van der Waals surface area contributed by atoms with E-state index in [0.717, 1.165) is 12.8 Å². The van der Waals surface area contributed by atoms with Gasteiger partial charge in [0.15, 0.2) is 6.61 Å². The molecule has 5 nitrogen and oxygen atoms in total. The number of alkyl halides is 3. The molecule has 0 aromatic carbocycles. The van der Waals surface area contributed by atoms with Crippen LogP contribution in [0.3, 0.4) is 0 Å². The van der Waals surface area contributed by atoms with Gasteiger partial charge in [-0.2, -0.15) is 13.2 Å². The van der Waals surface area contributed by atoms with Crippen molar-refractivity contribution in [1.82, 2.24) is 9.88 Å². The minimum Gasteiger partial charge on any atom is -0.468 e. The number of aromatic nitrogens is 1. The molecular weight excluding hydrogens is 313 g/mol. The monoisotopic (exact) mass is 332 g/mol. The Bertz CT molecular complexity index is 549. The molecule has 0 bridgehead atoms. The van der Waals surface area contributed by atoms with Gasteiger partial charge in [0.05, 0.1) is 6.10 Å². The Balaban J connectivity index is 2.04. The summed E-state index contributed by atoms with van der Waals surface area (Å²) in [6, 6.07) is 4.15. The molecule has 2 rings (SSSR count). The minimum atomic E-state index is -4.46. The number of ether oxygens (including phenoxy) is 1. The van der Waals surface area contributed by atoms with E-state index in [-0.39, 0.29) is 23.4 Å². The second-order valence-electron chi connectivity index (χ2n) is 5.66. The molecular formula is C15H19F3N2O3. The molecule has 1 fully saturated rings. The lowest BCUT2D eigenvalue weighted by Crippen LogP contribution is -2.43. The fraction of sp³-hybridized carbons (Fsp3) is 0.600. The largest absolute Gasteiger partial charge is 0.468 e. The molecule has 2 atom stereocenters. The summed E-state index contributed by atoms with van der Waals surface area (Å²) in [6.45, 7) is 1.18. The number of hydrogen-bond acceptors (Lipinski definition) is 4. The van der Waals surface area contributed by atoms with Gasteiger partial charge in [-0.1, -0.05) is 6.07 Å². The molecule has 1 amide bonds. The number of carbonyl (C=O) groups is 1. The molecule has 1 aliphatic heterocycles. The van der Waals surface area contributed by atoms with Crippen molar-refractivity contribution >= 4 is 5.91 Å². The van der Waals surface area contributed by atoms with Crippen molar-refractivity contribution in [3.63, 3.8) is 0 Å². The van der Waals surface area contributed by atoms with Crippen LogP contribution in [0.1, 0.15) is 30.3 Å². The molecule has 1 aromatic rings. The fourth-order valence-electron chi connectivity index (χ4n) is 2.52. The number of aliphatic hydroxyl groups is 1. The molecule has 8 heteroatoms. The number of piperidine rings is 1. The zero-order valence-corrected chi connectivity index (χ0v) is 12.7. The third kappa shape index (κ3) is 5.09. The van der Waals surface area contributed by atoms with Gasteiger partial charge in [0.2, 0.25) is 5.88 Å². The standard InChI is InChI=1S/C15H19F3N2O3/c1-10(21)11-4-3-7-20(8-11)14(22)12-5-2-6-13(19-12)23-9-15(16,17)18/h2,5-6,10-11,21H,3-4,7-9H2,1H3. The minimum absolute atomic E-state index is 0.00244. The Morgan fingerprint density at radius 3 is 2.91 bits per heavy atom. The number of likely N-dealkylation sites (tertiary alicyclic amines) is 1. The van der Waals surface area contributed by atoms with Crippen molar-refractivity contribution in [2.75, 3.05) is 19.7 Å². The zero-order chi connectivity index (χ0) is 17.0. The normalized spacial score (nSPS) is 20.2. The summed E-state index contributed by atoms with van der Waals surface area (Å²) in [5, 5.41) is 9.66. The van der Waals surface area contributed by atoms with E-state index in [1.165, 1.54) is 18.2 Å². The maximum Gasteiger partial charge on any atom is 0.422 e. The van der Waals surface area contributed by atoms with Crippen molar-refractivity contribution in [3.05, 3.63) is 23.9 Å². The smallest absolute Gasteiger partial charge is 0.422 e.